The van der Waals surface area contributed by atoms with Crippen molar-refractivity contribution in [2.24, 2.45) is 0 Å². The van der Waals surface area contributed by atoms with Gasteiger partial charge in [0.1, 0.15) is 8.07 Å². The Bertz CT molecular complexity index is 524. The molecule has 23 heavy (non-hydrogen) atoms. The maximum absolute atomic E-state index is 2.73. The van der Waals surface area contributed by atoms with E-state index in [1.807, 2.05) is 5.57 Å². The molecule has 0 saturated carbocycles. The van der Waals surface area contributed by atoms with Crippen molar-refractivity contribution >= 4 is 24.2 Å². The zero-order chi connectivity index (χ0) is 17.6. The van der Waals surface area contributed by atoms with E-state index < -0.39 is 24.2 Å². The molecule has 1 saturated heterocycles. The van der Waals surface area contributed by atoms with Gasteiger partial charge in [0.05, 0.1) is 16.1 Å². The van der Waals surface area contributed by atoms with Crippen molar-refractivity contribution in [3.8, 4) is 0 Å². The molecule has 0 unspecified atom stereocenters. The minimum absolute atomic E-state index is 1.17. The van der Waals surface area contributed by atoms with Crippen LogP contribution in [0.5, 0.6) is 0 Å². The highest BCUT2D eigenvalue weighted by Crippen LogP contribution is 2.57. The van der Waals surface area contributed by atoms with Crippen LogP contribution in [0.2, 0.25) is 51.4 Å². The van der Waals surface area contributed by atoms with Gasteiger partial charge in [0.15, 0.2) is 0 Å². The smallest absolute Gasteiger partial charge is 0.103 e. The van der Waals surface area contributed by atoms with Crippen LogP contribution in [-0.2, 0) is 0 Å². The van der Waals surface area contributed by atoms with E-state index in [4.69, 9.17) is 0 Å². The first-order chi connectivity index (χ1) is 10.5. The van der Waals surface area contributed by atoms with Gasteiger partial charge in [-0.1, -0.05) is 74.4 Å². The first-order valence-corrected chi connectivity index (χ1v) is 19.2. The topological polar surface area (TPSA) is 3.24 Å². The molecule has 1 nitrogen and oxygen atoms in total. The van der Waals surface area contributed by atoms with Crippen LogP contribution in [0.25, 0.3) is 0 Å². The lowest BCUT2D eigenvalue weighted by Gasteiger charge is -2.49. The van der Waals surface area contributed by atoms with Gasteiger partial charge in [-0.15, -0.1) is 0 Å². The van der Waals surface area contributed by atoms with Crippen LogP contribution in [0.3, 0.4) is 0 Å². The van der Waals surface area contributed by atoms with Crippen molar-refractivity contribution in [2.75, 3.05) is 13.1 Å². The molecule has 1 fully saturated rings. The van der Waals surface area contributed by atoms with Gasteiger partial charge in [-0.05, 0) is 25.8 Å². The zero-order valence-electron chi connectivity index (χ0n) is 17.2. The van der Waals surface area contributed by atoms with E-state index in [0.717, 1.165) is 0 Å². The van der Waals surface area contributed by atoms with E-state index in [-0.39, 0.29) is 0 Å². The number of allylic oxidation sites excluding steroid dienone is 1. The summed E-state index contributed by atoms with van der Waals surface area (Å²) in [6, 6.07) is 3.14. The summed E-state index contributed by atoms with van der Waals surface area (Å²) in [5.74, 6) is 0. The second kappa shape index (κ2) is 6.34. The molecular formula is C19H39NSi3. The minimum atomic E-state index is -1.31. The quantitative estimate of drug-likeness (QED) is 0.523. The van der Waals surface area contributed by atoms with Crippen LogP contribution < -0.4 is 0 Å². The number of rotatable bonds is 6. The van der Waals surface area contributed by atoms with Crippen molar-refractivity contribution in [1.29, 1.82) is 0 Å². The van der Waals surface area contributed by atoms with E-state index in [9.17, 15) is 0 Å². The summed E-state index contributed by atoms with van der Waals surface area (Å²) < 4.78 is 0. The Hall–Kier alpha value is -0.0694. The summed E-state index contributed by atoms with van der Waals surface area (Å²) in [4.78, 5) is 6.87. The summed E-state index contributed by atoms with van der Waals surface area (Å²) >= 11 is 0. The Balaban J connectivity index is 2.80. The molecule has 0 radical (unpaired) electrons. The molecule has 132 valence electrons. The number of hydrogen-bond donors (Lipinski definition) is 0. The Labute approximate surface area is 148 Å². The third-order valence-electron chi connectivity index (χ3n) is 5.92. The van der Waals surface area contributed by atoms with Gasteiger partial charge >= 0.3 is 0 Å². The van der Waals surface area contributed by atoms with Crippen molar-refractivity contribution in [1.82, 2.24) is 4.90 Å². The molecule has 0 aromatic carbocycles. The third-order valence-corrected chi connectivity index (χ3v) is 21.7. The summed E-state index contributed by atoms with van der Waals surface area (Å²) in [7, 11) is -3.85. The normalized spacial score (nSPS) is 21.3. The van der Waals surface area contributed by atoms with Gasteiger partial charge < -0.3 is 4.90 Å². The number of nitrogens with zero attached hydrogens (tertiary/aromatic N) is 1. The summed E-state index contributed by atoms with van der Waals surface area (Å²) in [6.45, 7) is 25.2. The fourth-order valence-corrected chi connectivity index (χ4v) is 25.7. The molecule has 4 heteroatoms. The van der Waals surface area contributed by atoms with E-state index >= 15 is 0 Å². The maximum Gasteiger partial charge on any atom is 0.103 e. The Kier molecular flexibility index (Phi) is 5.31. The van der Waals surface area contributed by atoms with E-state index in [1.54, 1.807) is 17.8 Å². The van der Waals surface area contributed by atoms with Crippen molar-refractivity contribution in [3.63, 3.8) is 0 Å². The second-order valence-electron chi connectivity index (χ2n) is 9.54. The highest BCUT2D eigenvalue weighted by Gasteiger charge is 2.58. The molecule has 0 N–H and O–H groups in total. The van der Waals surface area contributed by atoms with Crippen molar-refractivity contribution in [3.05, 3.63) is 20.9 Å². The lowest BCUT2D eigenvalue weighted by molar-refractivity contribution is 0.387. The molecule has 0 aliphatic carbocycles. The second-order valence-corrected chi connectivity index (χ2v) is 24.7. The highest BCUT2D eigenvalue weighted by atomic mass is 28.4. The average molecular weight is 366 g/mol. The molecule has 2 aliphatic heterocycles. The maximum atomic E-state index is 2.73. The molecule has 2 aliphatic rings. The molecule has 0 amide bonds. The standard InChI is InChI=1S/C19H39NSi3/c1-10-16-17(20(11-2)12-3)19(22(7,8)9)23(14-13-15-23)18(16)21(4,5)6/h10-15H2,1-9H3. The summed E-state index contributed by atoms with van der Waals surface area (Å²) in [5.41, 5.74) is 3.61. The lowest BCUT2D eigenvalue weighted by atomic mass is 10.1. The molecule has 2 rings (SSSR count). The Morgan fingerprint density at radius 2 is 1.30 bits per heavy atom. The van der Waals surface area contributed by atoms with Crippen LogP contribution in [0.1, 0.15) is 33.6 Å². The van der Waals surface area contributed by atoms with Gasteiger partial charge in [-0.3, -0.25) is 0 Å². The average Bonchev–Trinajstić information content (AvgIpc) is 2.71. The van der Waals surface area contributed by atoms with Gasteiger partial charge in [0.25, 0.3) is 0 Å². The molecule has 0 bridgehead atoms. The Morgan fingerprint density at radius 3 is 1.57 bits per heavy atom. The number of likely N-dealkylation sites (N-methyl/N-ethyl adjacent to an activating group) is 1. The molecule has 2 heterocycles. The first kappa shape index (κ1) is 19.3. The monoisotopic (exact) mass is 365 g/mol. The fraction of sp³-hybridized carbons (Fsp3) is 0.789. The van der Waals surface area contributed by atoms with Crippen molar-refractivity contribution < 1.29 is 0 Å². The first-order valence-electron chi connectivity index (χ1n) is 9.79. The van der Waals surface area contributed by atoms with Crippen molar-refractivity contribution in [2.45, 2.75) is 85.0 Å². The van der Waals surface area contributed by atoms with E-state index in [2.05, 4.69) is 74.6 Å². The molecule has 0 aromatic heterocycles. The van der Waals surface area contributed by atoms with Crippen LogP contribution >= 0.6 is 0 Å². The van der Waals surface area contributed by atoms with Crippen LogP contribution in [0.4, 0.5) is 0 Å². The minimum Gasteiger partial charge on any atom is -0.373 e. The fourth-order valence-electron chi connectivity index (χ4n) is 5.42. The summed E-state index contributed by atoms with van der Waals surface area (Å²) in [6.07, 6.45) is 2.75. The molecule has 1 spiro atoms. The zero-order valence-corrected chi connectivity index (χ0v) is 20.2. The van der Waals surface area contributed by atoms with Gasteiger partial charge in [0, 0.05) is 18.8 Å². The SMILES string of the molecule is CCC1=C([Si](C)(C)C)[Si]2(CCC2)C([Si](C)(C)C)=C1N(CC)CC. The largest absolute Gasteiger partial charge is 0.373 e. The van der Waals surface area contributed by atoms with E-state index in [1.165, 1.54) is 25.9 Å². The molecule has 0 atom stereocenters. The predicted octanol–water partition coefficient (Wildman–Crippen LogP) is 5.99. The van der Waals surface area contributed by atoms with Gasteiger partial charge in [0.2, 0.25) is 0 Å². The Morgan fingerprint density at radius 1 is 0.826 bits per heavy atom. The lowest BCUT2D eigenvalue weighted by Crippen LogP contribution is -2.57. The van der Waals surface area contributed by atoms with E-state index in [0.29, 0.717) is 0 Å². The highest BCUT2D eigenvalue weighted by molar-refractivity contribution is 7.19. The van der Waals surface area contributed by atoms with Gasteiger partial charge in [-0.2, -0.15) is 0 Å². The van der Waals surface area contributed by atoms with Crippen LogP contribution in [0, 0.1) is 0 Å². The third kappa shape index (κ3) is 3.00. The van der Waals surface area contributed by atoms with Gasteiger partial charge in [-0.25, -0.2) is 0 Å². The molecule has 0 aromatic rings. The number of hydrogen-bond acceptors (Lipinski definition) is 1. The van der Waals surface area contributed by atoms with Crippen LogP contribution in [-0.4, -0.2) is 42.2 Å². The van der Waals surface area contributed by atoms with Crippen LogP contribution in [0.15, 0.2) is 20.9 Å². The molecular weight excluding hydrogens is 326 g/mol. The summed E-state index contributed by atoms with van der Waals surface area (Å²) in [5, 5.41) is 0. The predicted molar refractivity (Wildman–Crippen MR) is 114 cm³/mol.